The van der Waals surface area contributed by atoms with E-state index in [1.165, 1.54) is 5.56 Å². The van der Waals surface area contributed by atoms with Crippen LogP contribution in [0, 0.1) is 0 Å². The maximum Gasteiger partial charge on any atom is 0.0435 e. The molecule has 0 aliphatic carbocycles. The van der Waals surface area contributed by atoms with E-state index < -0.39 is 0 Å². The van der Waals surface area contributed by atoms with E-state index in [0.717, 1.165) is 15.8 Å². The summed E-state index contributed by atoms with van der Waals surface area (Å²) >= 11 is 3.49. The molecular weight excluding hydrogens is 300 g/mol. The molecule has 0 bridgehead atoms. The maximum atomic E-state index is 3.49. The van der Waals surface area contributed by atoms with Crippen molar-refractivity contribution in [2.45, 2.75) is 19.4 Å². The molecule has 0 atom stereocenters. The molecule has 0 unspecified atom stereocenters. The van der Waals surface area contributed by atoms with Gasteiger partial charge in [0.15, 0.2) is 0 Å². The Hall–Kier alpha value is -1.32. The van der Waals surface area contributed by atoms with Crippen LogP contribution in [0.2, 0.25) is 0 Å². The topological polar surface area (TPSA) is 24.1 Å². The fourth-order valence-corrected chi connectivity index (χ4v) is 2.39. The van der Waals surface area contributed by atoms with Gasteiger partial charge in [0.2, 0.25) is 0 Å². The lowest BCUT2D eigenvalue weighted by Crippen LogP contribution is -2.33. The fraction of sp³-hybridized carbons (Fsp3) is 0.250. The monoisotopic (exact) mass is 318 g/mol. The SMILES string of the molecule is CNC(C)(C)c1ccccc1Nc1cccc(Br)c1. The highest BCUT2D eigenvalue weighted by Gasteiger charge is 2.20. The number of para-hydroxylation sites is 1. The van der Waals surface area contributed by atoms with Crippen LogP contribution in [-0.2, 0) is 5.54 Å². The molecule has 0 amide bonds. The molecule has 0 saturated heterocycles. The van der Waals surface area contributed by atoms with E-state index in [1.807, 2.05) is 19.2 Å². The molecule has 0 radical (unpaired) electrons. The standard InChI is InChI=1S/C16H19BrN2/c1-16(2,18-3)14-9-4-5-10-15(14)19-13-8-6-7-12(17)11-13/h4-11,18-19H,1-3H3. The summed E-state index contributed by atoms with van der Waals surface area (Å²) in [5.74, 6) is 0. The highest BCUT2D eigenvalue weighted by Crippen LogP contribution is 2.30. The zero-order valence-corrected chi connectivity index (χ0v) is 13.1. The van der Waals surface area contributed by atoms with E-state index >= 15 is 0 Å². The zero-order chi connectivity index (χ0) is 13.9. The van der Waals surface area contributed by atoms with Crippen molar-refractivity contribution in [1.82, 2.24) is 5.32 Å². The third kappa shape index (κ3) is 3.37. The Bertz CT molecular complexity index is 564. The van der Waals surface area contributed by atoms with Crippen LogP contribution in [0.5, 0.6) is 0 Å². The van der Waals surface area contributed by atoms with Crippen LogP contribution in [0.15, 0.2) is 53.0 Å². The second-order valence-electron chi connectivity index (χ2n) is 5.06. The van der Waals surface area contributed by atoms with Crippen LogP contribution >= 0.6 is 15.9 Å². The highest BCUT2D eigenvalue weighted by atomic mass is 79.9. The van der Waals surface area contributed by atoms with Gasteiger partial charge in [0.1, 0.15) is 0 Å². The Morgan fingerprint density at radius 3 is 2.42 bits per heavy atom. The summed E-state index contributed by atoms with van der Waals surface area (Å²) in [7, 11) is 1.98. The molecule has 0 aliphatic heterocycles. The molecule has 2 rings (SSSR count). The van der Waals surface area contributed by atoms with Gasteiger partial charge in [-0.05, 0) is 50.7 Å². The lowest BCUT2D eigenvalue weighted by Gasteiger charge is -2.27. The summed E-state index contributed by atoms with van der Waals surface area (Å²) in [4.78, 5) is 0. The molecular formula is C16H19BrN2. The molecule has 0 aromatic heterocycles. The Balaban J connectivity index is 2.36. The summed E-state index contributed by atoms with van der Waals surface area (Å²) < 4.78 is 1.07. The molecule has 100 valence electrons. The van der Waals surface area contributed by atoms with Crippen molar-refractivity contribution in [2.75, 3.05) is 12.4 Å². The smallest absolute Gasteiger partial charge is 0.0435 e. The predicted molar refractivity (Wildman–Crippen MR) is 86.0 cm³/mol. The van der Waals surface area contributed by atoms with E-state index in [9.17, 15) is 0 Å². The number of benzene rings is 2. The molecule has 0 saturated carbocycles. The van der Waals surface area contributed by atoms with Gasteiger partial charge < -0.3 is 10.6 Å². The second kappa shape index (κ2) is 5.76. The largest absolute Gasteiger partial charge is 0.355 e. The Kier molecular flexibility index (Phi) is 4.27. The Morgan fingerprint density at radius 2 is 1.74 bits per heavy atom. The third-order valence-electron chi connectivity index (χ3n) is 3.33. The maximum absolute atomic E-state index is 3.49. The minimum Gasteiger partial charge on any atom is -0.355 e. The number of anilines is 2. The van der Waals surface area contributed by atoms with Crippen LogP contribution in [-0.4, -0.2) is 7.05 Å². The summed E-state index contributed by atoms with van der Waals surface area (Å²) in [5, 5.41) is 6.83. The van der Waals surface area contributed by atoms with E-state index in [0.29, 0.717) is 0 Å². The van der Waals surface area contributed by atoms with Crippen molar-refractivity contribution in [2.24, 2.45) is 0 Å². The lowest BCUT2D eigenvalue weighted by atomic mass is 9.93. The zero-order valence-electron chi connectivity index (χ0n) is 11.5. The van der Waals surface area contributed by atoms with Crippen LogP contribution in [0.1, 0.15) is 19.4 Å². The molecule has 2 aromatic carbocycles. The van der Waals surface area contributed by atoms with Crippen molar-refractivity contribution < 1.29 is 0 Å². The van der Waals surface area contributed by atoms with Crippen molar-refractivity contribution in [3.8, 4) is 0 Å². The first kappa shape index (κ1) is 14.1. The third-order valence-corrected chi connectivity index (χ3v) is 3.82. The average molecular weight is 319 g/mol. The Labute approximate surface area is 123 Å². The van der Waals surface area contributed by atoms with E-state index in [-0.39, 0.29) is 5.54 Å². The number of nitrogens with one attached hydrogen (secondary N) is 2. The van der Waals surface area contributed by atoms with Gasteiger partial charge in [0.25, 0.3) is 0 Å². The van der Waals surface area contributed by atoms with Gasteiger partial charge in [-0.1, -0.05) is 40.2 Å². The molecule has 0 aliphatic rings. The summed E-state index contributed by atoms with van der Waals surface area (Å²) in [6, 6.07) is 16.6. The molecule has 0 heterocycles. The first-order valence-corrected chi connectivity index (χ1v) is 7.13. The van der Waals surface area contributed by atoms with Crippen LogP contribution in [0.3, 0.4) is 0 Å². The van der Waals surface area contributed by atoms with Crippen molar-refractivity contribution in [3.63, 3.8) is 0 Å². The van der Waals surface area contributed by atoms with Crippen LogP contribution in [0.4, 0.5) is 11.4 Å². The number of rotatable bonds is 4. The van der Waals surface area contributed by atoms with Gasteiger partial charge >= 0.3 is 0 Å². The molecule has 0 fully saturated rings. The van der Waals surface area contributed by atoms with Gasteiger partial charge in [-0.15, -0.1) is 0 Å². The van der Waals surface area contributed by atoms with E-state index in [1.54, 1.807) is 0 Å². The number of halogens is 1. The second-order valence-corrected chi connectivity index (χ2v) is 5.97. The van der Waals surface area contributed by atoms with Gasteiger partial charge in [-0.3, -0.25) is 0 Å². The summed E-state index contributed by atoms with van der Waals surface area (Å²) in [5.41, 5.74) is 3.38. The van der Waals surface area contributed by atoms with Gasteiger partial charge in [-0.25, -0.2) is 0 Å². The molecule has 3 heteroatoms. The van der Waals surface area contributed by atoms with Crippen LogP contribution in [0.25, 0.3) is 0 Å². The molecule has 19 heavy (non-hydrogen) atoms. The molecule has 0 spiro atoms. The van der Waals surface area contributed by atoms with Crippen LogP contribution < -0.4 is 10.6 Å². The van der Waals surface area contributed by atoms with Gasteiger partial charge in [0.05, 0.1) is 0 Å². The lowest BCUT2D eigenvalue weighted by molar-refractivity contribution is 0.446. The normalized spacial score (nSPS) is 11.4. The predicted octanol–water partition coefficient (Wildman–Crippen LogP) is 4.65. The summed E-state index contributed by atoms with van der Waals surface area (Å²) in [6.07, 6.45) is 0. The minimum absolute atomic E-state index is 0.0738. The Morgan fingerprint density at radius 1 is 1.00 bits per heavy atom. The number of hydrogen-bond donors (Lipinski definition) is 2. The van der Waals surface area contributed by atoms with Gasteiger partial charge in [0, 0.05) is 21.4 Å². The molecule has 2 aromatic rings. The van der Waals surface area contributed by atoms with Crippen molar-refractivity contribution in [1.29, 1.82) is 0 Å². The highest BCUT2D eigenvalue weighted by molar-refractivity contribution is 9.10. The quantitative estimate of drug-likeness (QED) is 0.857. The van der Waals surface area contributed by atoms with E-state index in [2.05, 4.69) is 76.8 Å². The van der Waals surface area contributed by atoms with E-state index in [4.69, 9.17) is 0 Å². The number of hydrogen-bond acceptors (Lipinski definition) is 2. The first-order valence-electron chi connectivity index (χ1n) is 6.34. The summed E-state index contributed by atoms with van der Waals surface area (Å²) in [6.45, 7) is 4.35. The van der Waals surface area contributed by atoms with Crippen molar-refractivity contribution >= 4 is 27.3 Å². The molecule has 2 N–H and O–H groups in total. The van der Waals surface area contributed by atoms with Crippen molar-refractivity contribution in [3.05, 3.63) is 58.6 Å². The molecule has 2 nitrogen and oxygen atoms in total. The average Bonchev–Trinajstić information content (AvgIpc) is 2.39. The minimum atomic E-state index is -0.0738. The first-order chi connectivity index (χ1) is 9.03. The fourth-order valence-electron chi connectivity index (χ4n) is 1.99. The van der Waals surface area contributed by atoms with Gasteiger partial charge in [-0.2, -0.15) is 0 Å².